The number of halogens is 6. The molecule has 6 rings (SSSR count). The van der Waals surface area contributed by atoms with E-state index in [4.69, 9.17) is 15.7 Å². The minimum atomic E-state index is -4.87. The lowest BCUT2D eigenvalue weighted by molar-refractivity contribution is -0.140. The number of hydrogen-bond acceptors (Lipinski definition) is 7. The van der Waals surface area contributed by atoms with Crippen LogP contribution in [0, 0.1) is 5.82 Å². The summed E-state index contributed by atoms with van der Waals surface area (Å²) < 4.78 is 56.3. The first kappa shape index (κ1) is 34.0. The van der Waals surface area contributed by atoms with E-state index in [1.54, 1.807) is 0 Å². The molecule has 15 heteroatoms. The second-order valence-corrected chi connectivity index (χ2v) is 11.8. The molecule has 3 heterocycles. The van der Waals surface area contributed by atoms with E-state index in [0.29, 0.717) is 42.2 Å². The first-order valence-electron chi connectivity index (χ1n) is 14.9. The molecule has 0 unspecified atom stereocenters. The number of carbonyl (C=O) groups is 1. The van der Waals surface area contributed by atoms with Gasteiger partial charge < -0.3 is 25.8 Å². The van der Waals surface area contributed by atoms with Crippen molar-refractivity contribution >= 4 is 53.7 Å². The number of amides is 1. The summed E-state index contributed by atoms with van der Waals surface area (Å²) >= 11 is 0. The molecule has 4 N–H and O–H groups in total. The number of benzene rings is 1. The van der Waals surface area contributed by atoms with E-state index in [2.05, 4.69) is 20.2 Å². The SMILES string of the molecule is Cl.Cl.NC1CCC(Nc2nc(NC3CCN(C(=O)c4cccc(C(F)(F)F)c4F)CC3)c3ncn(C4CCCC4)c3n2)CC1. The highest BCUT2D eigenvalue weighted by atomic mass is 35.5. The van der Waals surface area contributed by atoms with Gasteiger partial charge in [0.05, 0.1) is 17.5 Å². The summed E-state index contributed by atoms with van der Waals surface area (Å²) in [4.78, 5) is 28.8. The number of alkyl halides is 3. The van der Waals surface area contributed by atoms with Gasteiger partial charge in [-0.1, -0.05) is 18.9 Å². The van der Waals surface area contributed by atoms with Crippen LogP contribution in [0.3, 0.4) is 0 Å². The molecular weight excluding hydrogens is 623 g/mol. The smallest absolute Gasteiger partial charge is 0.365 e. The summed E-state index contributed by atoms with van der Waals surface area (Å²) in [6.45, 7) is 0.536. The zero-order chi connectivity index (χ0) is 29.4. The fraction of sp³-hybridized carbons (Fsp3) is 0.586. The average molecular weight is 662 g/mol. The Balaban J connectivity index is 0.00000221. The van der Waals surface area contributed by atoms with Gasteiger partial charge in [0.25, 0.3) is 5.91 Å². The van der Waals surface area contributed by atoms with E-state index in [0.717, 1.165) is 56.3 Å². The summed E-state index contributed by atoms with van der Waals surface area (Å²) in [5, 5.41) is 7.02. The molecule has 1 aromatic carbocycles. The molecule has 1 aliphatic heterocycles. The van der Waals surface area contributed by atoms with Crippen LogP contribution in [0.25, 0.3) is 11.2 Å². The van der Waals surface area contributed by atoms with Gasteiger partial charge in [0.15, 0.2) is 17.0 Å². The Morgan fingerprint density at radius 1 is 0.909 bits per heavy atom. The molecule has 0 spiro atoms. The minimum absolute atomic E-state index is 0. The monoisotopic (exact) mass is 660 g/mol. The van der Waals surface area contributed by atoms with Crippen LogP contribution >= 0.6 is 24.8 Å². The Hall–Kier alpha value is -2.90. The molecule has 242 valence electrons. The molecule has 3 fully saturated rings. The zero-order valence-corrected chi connectivity index (χ0v) is 25.8. The van der Waals surface area contributed by atoms with Gasteiger partial charge in [-0.2, -0.15) is 23.1 Å². The quantitative estimate of drug-likeness (QED) is 0.264. The summed E-state index contributed by atoms with van der Waals surface area (Å²) in [6, 6.07) is 3.57. The van der Waals surface area contributed by atoms with Gasteiger partial charge in [0, 0.05) is 37.3 Å². The predicted molar refractivity (Wildman–Crippen MR) is 165 cm³/mol. The molecule has 1 amide bonds. The van der Waals surface area contributed by atoms with Crippen LogP contribution < -0.4 is 16.4 Å². The fourth-order valence-corrected chi connectivity index (χ4v) is 6.48. The highest BCUT2D eigenvalue weighted by molar-refractivity contribution is 5.95. The third kappa shape index (κ3) is 7.15. The molecule has 3 aromatic rings. The number of fused-ring (bicyclic) bond motifs is 1. The summed E-state index contributed by atoms with van der Waals surface area (Å²) in [6.07, 6.45) is 6.33. The fourth-order valence-electron chi connectivity index (χ4n) is 6.48. The number of likely N-dealkylation sites (tertiary alicyclic amines) is 1. The molecule has 0 radical (unpaired) electrons. The van der Waals surface area contributed by atoms with Gasteiger partial charge in [0.2, 0.25) is 5.95 Å². The van der Waals surface area contributed by atoms with Gasteiger partial charge in [-0.15, -0.1) is 24.8 Å². The molecule has 0 atom stereocenters. The number of piperidine rings is 1. The number of rotatable bonds is 6. The molecule has 44 heavy (non-hydrogen) atoms. The first-order chi connectivity index (χ1) is 20.2. The average Bonchev–Trinajstić information content (AvgIpc) is 3.64. The second kappa shape index (κ2) is 14.0. The van der Waals surface area contributed by atoms with Crippen LogP contribution in [0.15, 0.2) is 24.5 Å². The highest BCUT2D eigenvalue weighted by Crippen LogP contribution is 2.35. The zero-order valence-electron chi connectivity index (χ0n) is 24.2. The Morgan fingerprint density at radius 2 is 1.57 bits per heavy atom. The number of anilines is 2. The lowest BCUT2D eigenvalue weighted by Crippen LogP contribution is -2.43. The minimum Gasteiger partial charge on any atom is -0.365 e. The van der Waals surface area contributed by atoms with E-state index in [1.807, 2.05) is 6.33 Å². The summed E-state index contributed by atoms with van der Waals surface area (Å²) in [7, 11) is 0. The van der Waals surface area contributed by atoms with Gasteiger partial charge >= 0.3 is 6.18 Å². The Kier molecular flexibility index (Phi) is 10.8. The maximum Gasteiger partial charge on any atom is 0.419 e. The number of aromatic nitrogens is 4. The predicted octanol–water partition coefficient (Wildman–Crippen LogP) is 6.34. The number of carbonyl (C=O) groups excluding carboxylic acids is 1. The van der Waals surface area contributed by atoms with Gasteiger partial charge in [-0.3, -0.25) is 4.79 Å². The van der Waals surface area contributed by atoms with Crippen molar-refractivity contribution in [1.29, 1.82) is 0 Å². The van der Waals surface area contributed by atoms with Crippen molar-refractivity contribution in [3.8, 4) is 0 Å². The Labute approximate surface area is 265 Å². The van der Waals surface area contributed by atoms with Gasteiger partial charge in [-0.05, 0) is 63.5 Å². The van der Waals surface area contributed by atoms with Crippen molar-refractivity contribution in [2.75, 3.05) is 23.7 Å². The van der Waals surface area contributed by atoms with Crippen LogP contribution in [0.1, 0.15) is 86.2 Å². The molecule has 2 aromatic heterocycles. The topological polar surface area (TPSA) is 114 Å². The first-order valence-corrected chi connectivity index (χ1v) is 14.9. The van der Waals surface area contributed by atoms with E-state index < -0.39 is 29.0 Å². The standard InChI is InChI=1S/C29H36F4N8O.2ClH/c30-23-21(6-3-7-22(23)29(31,32)33)27(42)40-14-12-19(13-15-40)36-25-24-26(41(16-35-24)20-4-1-2-5-20)39-28(38-25)37-18-10-8-17(34)9-11-18;;/h3,6-7,16-20H,1-2,4-5,8-15,34H2,(H2,36,37,38,39);2*1H. The molecule has 3 aliphatic rings. The second-order valence-electron chi connectivity index (χ2n) is 11.8. The van der Waals surface area contributed by atoms with E-state index in [9.17, 15) is 22.4 Å². The highest BCUT2D eigenvalue weighted by Gasteiger charge is 2.37. The number of nitrogens with one attached hydrogen (secondary N) is 2. The third-order valence-electron chi connectivity index (χ3n) is 8.90. The van der Waals surface area contributed by atoms with Crippen molar-refractivity contribution in [2.45, 2.75) is 94.6 Å². The number of nitrogens with zero attached hydrogens (tertiary/aromatic N) is 5. The molecule has 2 aliphatic carbocycles. The van der Waals surface area contributed by atoms with Gasteiger partial charge in [0.1, 0.15) is 5.82 Å². The van der Waals surface area contributed by atoms with Crippen molar-refractivity contribution in [2.24, 2.45) is 5.73 Å². The van der Waals surface area contributed by atoms with Crippen molar-refractivity contribution in [1.82, 2.24) is 24.4 Å². The molecule has 0 bridgehead atoms. The van der Waals surface area contributed by atoms with Crippen LogP contribution in [-0.4, -0.2) is 61.5 Å². The summed E-state index contributed by atoms with van der Waals surface area (Å²) in [5.41, 5.74) is 5.56. The Morgan fingerprint density at radius 3 is 2.23 bits per heavy atom. The maximum atomic E-state index is 14.6. The molecule has 2 saturated carbocycles. The van der Waals surface area contributed by atoms with Crippen LogP contribution in [0.4, 0.5) is 29.3 Å². The maximum absolute atomic E-state index is 14.6. The lowest BCUT2D eigenvalue weighted by Gasteiger charge is -2.33. The normalized spacial score (nSPS) is 21.5. The number of imidazole rings is 1. The Bertz CT molecular complexity index is 1430. The number of hydrogen-bond donors (Lipinski definition) is 3. The third-order valence-corrected chi connectivity index (χ3v) is 8.90. The number of nitrogens with two attached hydrogens (primary N) is 1. The largest absolute Gasteiger partial charge is 0.419 e. The summed E-state index contributed by atoms with van der Waals surface area (Å²) in [5.74, 6) is -1.12. The molecular formula is C29H38Cl2F4N8O. The van der Waals surface area contributed by atoms with E-state index in [1.165, 1.54) is 17.7 Å². The lowest BCUT2D eigenvalue weighted by atomic mass is 9.92. The van der Waals surface area contributed by atoms with Crippen LogP contribution in [-0.2, 0) is 6.18 Å². The van der Waals surface area contributed by atoms with Crippen molar-refractivity contribution < 1.29 is 22.4 Å². The molecule has 1 saturated heterocycles. The molecule has 9 nitrogen and oxygen atoms in total. The van der Waals surface area contributed by atoms with Crippen LogP contribution in [0.5, 0.6) is 0 Å². The van der Waals surface area contributed by atoms with Crippen molar-refractivity contribution in [3.05, 3.63) is 41.5 Å². The van der Waals surface area contributed by atoms with Gasteiger partial charge in [-0.25, -0.2) is 9.37 Å². The van der Waals surface area contributed by atoms with E-state index >= 15 is 0 Å². The van der Waals surface area contributed by atoms with Crippen molar-refractivity contribution in [3.63, 3.8) is 0 Å². The van der Waals surface area contributed by atoms with E-state index in [-0.39, 0.29) is 56.0 Å². The van der Waals surface area contributed by atoms with Crippen LogP contribution in [0.2, 0.25) is 0 Å².